The van der Waals surface area contributed by atoms with Crippen molar-refractivity contribution < 1.29 is 27.4 Å². The first-order chi connectivity index (χ1) is 11.4. The van der Waals surface area contributed by atoms with E-state index in [1.165, 1.54) is 7.11 Å². The van der Waals surface area contributed by atoms with Crippen molar-refractivity contribution in [3.05, 3.63) is 18.2 Å². The predicted molar refractivity (Wildman–Crippen MR) is 87.1 cm³/mol. The van der Waals surface area contributed by atoms with Crippen molar-refractivity contribution in [1.82, 2.24) is 10.2 Å². The monoisotopic (exact) mass is 372 g/mol. The van der Waals surface area contributed by atoms with Crippen LogP contribution in [0.3, 0.4) is 0 Å². The van der Waals surface area contributed by atoms with Crippen LogP contribution in [0.1, 0.15) is 0 Å². The molecular weight excluding hydrogens is 356 g/mol. The van der Waals surface area contributed by atoms with Crippen LogP contribution in [0.5, 0.6) is 11.5 Å². The normalized spacial score (nSPS) is 22.5. The molecule has 2 aromatic rings. The summed E-state index contributed by atoms with van der Waals surface area (Å²) in [6, 6.07) is 5.17. The van der Waals surface area contributed by atoms with Gasteiger partial charge in [0, 0.05) is 5.56 Å². The Bertz CT molecular complexity index is 836. The second-order valence-electron chi connectivity index (χ2n) is 5.24. The molecule has 1 N–H and O–H groups in total. The molecule has 1 saturated heterocycles. The second-order valence-corrected chi connectivity index (χ2v) is 8.59. The van der Waals surface area contributed by atoms with Crippen LogP contribution >= 0.6 is 11.8 Å². The molecule has 1 aromatic carbocycles. The molecule has 8 nitrogen and oxygen atoms in total. The third kappa shape index (κ3) is 3.50. The van der Waals surface area contributed by atoms with E-state index in [0.29, 0.717) is 17.1 Å². The highest BCUT2D eigenvalue weighted by atomic mass is 32.2. The molecule has 1 aromatic heterocycles. The number of aliphatic hydroxyl groups is 1. The van der Waals surface area contributed by atoms with Gasteiger partial charge >= 0.3 is 0 Å². The van der Waals surface area contributed by atoms with Gasteiger partial charge in [0.05, 0.1) is 37.1 Å². The van der Waals surface area contributed by atoms with E-state index in [1.807, 2.05) is 0 Å². The van der Waals surface area contributed by atoms with Crippen LogP contribution in [0, 0.1) is 0 Å². The van der Waals surface area contributed by atoms with Gasteiger partial charge in [-0.1, -0.05) is 11.8 Å². The maximum Gasteiger partial charge on any atom is 0.277 e. The summed E-state index contributed by atoms with van der Waals surface area (Å²) in [5.74, 6) is 1.04. The molecule has 10 heteroatoms. The highest BCUT2D eigenvalue weighted by molar-refractivity contribution is 8.01. The zero-order valence-corrected chi connectivity index (χ0v) is 14.6. The Kier molecular flexibility index (Phi) is 4.70. The number of hydrogen-bond acceptors (Lipinski definition) is 9. The van der Waals surface area contributed by atoms with Crippen molar-refractivity contribution in [1.29, 1.82) is 0 Å². The molecule has 0 radical (unpaired) electrons. The van der Waals surface area contributed by atoms with E-state index in [9.17, 15) is 13.5 Å². The van der Waals surface area contributed by atoms with Gasteiger partial charge in [-0.15, -0.1) is 10.2 Å². The lowest BCUT2D eigenvalue weighted by atomic mass is 10.2. The fraction of sp³-hybridized carbons (Fsp3) is 0.429. The summed E-state index contributed by atoms with van der Waals surface area (Å²) in [5, 5.41) is 17.4. The van der Waals surface area contributed by atoms with Gasteiger partial charge in [-0.3, -0.25) is 0 Å². The SMILES string of the molecule is COc1ccc(-c2nnc(S[C@H]3CS(=O)(=O)C[C@@H]3O)o2)cc1OC. The molecular formula is C14H16N2O6S2. The van der Waals surface area contributed by atoms with E-state index >= 15 is 0 Å². The Morgan fingerprint density at radius 3 is 2.58 bits per heavy atom. The van der Waals surface area contributed by atoms with Gasteiger partial charge in [-0.25, -0.2) is 8.42 Å². The van der Waals surface area contributed by atoms with Gasteiger partial charge in [0.25, 0.3) is 5.22 Å². The molecule has 1 fully saturated rings. The van der Waals surface area contributed by atoms with E-state index in [1.54, 1.807) is 25.3 Å². The van der Waals surface area contributed by atoms with Gasteiger partial charge < -0.3 is 19.0 Å². The Balaban J connectivity index is 1.79. The Hall–Kier alpha value is -1.78. The lowest BCUT2D eigenvalue weighted by Gasteiger charge is -2.08. The molecule has 130 valence electrons. The minimum atomic E-state index is -3.22. The topological polar surface area (TPSA) is 112 Å². The standard InChI is InChI=1S/C14H16N2O6S2/c1-20-10-4-3-8(5-11(10)21-2)13-15-16-14(22-13)23-12-7-24(18,19)6-9(12)17/h3-5,9,12,17H,6-7H2,1-2H3/t9-,12-/m0/s1. The molecule has 0 amide bonds. The first-order valence-electron chi connectivity index (χ1n) is 7.03. The van der Waals surface area contributed by atoms with E-state index < -0.39 is 21.2 Å². The zero-order valence-electron chi connectivity index (χ0n) is 13.0. The van der Waals surface area contributed by atoms with Crippen LogP contribution in [0.15, 0.2) is 27.8 Å². The summed E-state index contributed by atoms with van der Waals surface area (Å²) in [6.07, 6.45) is -0.934. The third-order valence-electron chi connectivity index (χ3n) is 3.56. The summed E-state index contributed by atoms with van der Waals surface area (Å²) >= 11 is 1.07. The minimum Gasteiger partial charge on any atom is -0.493 e. The largest absolute Gasteiger partial charge is 0.493 e. The zero-order chi connectivity index (χ0) is 17.3. The van der Waals surface area contributed by atoms with Gasteiger partial charge in [-0.05, 0) is 18.2 Å². The molecule has 0 unspecified atom stereocenters. The summed E-state index contributed by atoms with van der Waals surface area (Å²) in [4.78, 5) is 0. The van der Waals surface area contributed by atoms with Crippen molar-refractivity contribution >= 4 is 21.6 Å². The highest BCUT2D eigenvalue weighted by Crippen LogP contribution is 2.34. The molecule has 0 saturated carbocycles. The van der Waals surface area contributed by atoms with Crippen LogP contribution in [-0.2, 0) is 9.84 Å². The van der Waals surface area contributed by atoms with Crippen molar-refractivity contribution in [3.63, 3.8) is 0 Å². The lowest BCUT2D eigenvalue weighted by Crippen LogP contribution is -2.19. The molecule has 24 heavy (non-hydrogen) atoms. The van der Waals surface area contributed by atoms with Crippen molar-refractivity contribution in [2.75, 3.05) is 25.7 Å². The molecule has 2 heterocycles. The Morgan fingerprint density at radius 1 is 1.21 bits per heavy atom. The van der Waals surface area contributed by atoms with Gasteiger partial charge in [0.1, 0.15) is 0 Å². The number of methoxy groups -OCH3 is 2. The van der Waals surface area contributed by atoms with E-state index in [4.69, 9.17) is 13.9 Å². The fourth-order valence-electron chi connectivity index (χ4n) is 2.38. The summed E-state index contributed by atoms with van der Waals surface area (Å²) in [5.41, 5.74) is 0.645. The van der Waals surface area contributed by atoms with Crippen LogP contribution in [0.25, 0.3) is 11.5 Å². The van der Waals surface area contributed by atoms with Crippen LogP contribution in [0.2, 0.25) is 0 Å². The number of sulfone groups is 1. The smallest absolute Gasteiger partial charge is 0.277 e. The van der Waals surface area contributed by atoms with Gasteiger partial charge in [0.15, 0.2) is 21.3 Å². The summed E-state index contributed by atoms with van der Waals surface area (Å²) < 4.78 is 39.0. The van der Waals surface area contributed by atoms with Crippen molar-refractivity contribution in [2.24, 2.45) is 0 Å². The summed E-state index contributed by atoms with van der Waals surface area (Å²) in [6.45, 7) is 0. The number of benzene rings is 1. The average Bonchev–Trinajstić information content (AvgIpc) is 3.11. The van der Waals surface area contributed by atoms with Gasteiger partial charge in [0.2, 0.25) is 5.89 Å². The maximum atomic E-state index is 11.5. The number of rotatable bonds is 5. The maximum absolute atomic E-state index is 11.5. The lowest BCUT2D eigenvalue weighted by molar-refractivity contribution is 0.207. The number of aromatic nitrogens is 2. The van der Waals surface area contributed by atoms with E-state index in [-0.39, 0.29) is 22.6 Å². The van der Waals surface area contributed by atoms with Crippen LogP contribution in [-0.4, -0.2) is 60.8 Å². The second kappa shape index (κ2) is 6.61. The molecule has 1 aliphatic rings. The third-order valence-corrected chi connectivity index (χ3v) is 6.64. The number of ether oxygens (including phenoxy) is 2. The minimum absolute atomic E-state index is 0.104. The first-order valence-corrected chi connectivity index (χ1v) is 9.73. The first kappa shape index (κ1) is 17.1. The van der Waals surface area contributed by atoms with Crippen molar-refractivity contribution in [2.45, 2.75) is 16.6 Å². The number of nitrogens with zero attached hydrogens (tertiary/aromatic N) is 2. The molecule has 0 aliphatic carbocycles. The van der Waals surface area contributed by atoms with Gasteiger partial charge in [-0.2, -0.15) is 0 Å². The average molecular weight is 372 g/mol. The Morgan fingerprint density at radius 2 is 1.96 bits per heavy atom. The predicted octanol–water partition coefficient (Wildman–Crippen LogP) is 1.00. The number of hydrogen-bond donors (Lipinski definition) is 1. The fourth-order valence-corrected chi connectivity index (χ4v) is 5.74. The van der Waals surface area contributed by atoms with Crippen molar-refractivity contribution in [3.8, 4) is 23.0 Å². The molecule has 0 bridgehead atoms. The van der Waals surface area contributed by atoms with Crippen LogP contribution in [0.4, 0.5) is 0 Å². The number of thioether (sulfide) groups is 1. The molecule has 3 rings (SSSR count). The number of aliphatic hydroxyl groups excluding tert-OH is 1. The van der Waals surface area contributed by atoms with E-state index in [2.05, 4.69) is 10.2 Å². The summed E-state index contributed by atoms with van der Waals surface area (Å²) in [7, 11) is -0.150. The molecule has 1 aliphatic heterocycles. The van der Waals surface area contributed by atoms with Crippen LogP contribution < -0.4 is 9.47 Å². The Labute approximate surface area is 143 Å². The molecule has 2 atom stereocenters. The highest BCUT2D eigenvalue weighted by Gasteiger charge is 2.38. The van der Waals surface area contributed by atoms with E-state index in [0.717, 1.165) is 11.8 Å². The quantitative estimate of drug-likeness (QED) is 0.821. The molecule has 0 spiro atoms.